The van der Waals surface area contributed by atoms with E-state index >= 15 is 0 Å². The van der Waals surface area contributed by atoms with Crippen LogP contribution in [0.3, 0.4) is 0 Å². The van der Waals surface area contributed by atoms with Gasteiger partial charge in [-0.25, -0.2) is 0 Å². The lowest BCUT2D eigenvalue weighted by molar-refractivity contribution is -0.450. The van der Waals surface area contributed by atoms with Crippen LogP contribution < -0.4 is 0 Å². The molecule has 0 saturated carbocycles. The van der Waals surface area contributed by atoms with Crippen molar-refractivity contribution in [1.29, 1.82) is 0 Å². The molecule has 1 aromatic carbocycles. The smallest absolute Gasteiger partial charge is 0.255 e. The quantitative estimate of drug-likeness (QED) is 0.703. The summed E-state index contributed by atoms with van der Waals surface area (Å²) in [6.07, 6.45) is 10.1. The molecule has 0 fully saturated rings. The van der Waals surface area contributed by atoms with Crippen molar-refractivity contribution in [2.75, 3.05) is 6.61 Å². The predicted octanol–water partition coefficient (Wildman–Crippen LogP) is 4.28. The minimum absolute atomic E-state index is 0.687. The van der Waals surface area contributed by atoms with Gasteiger partial charge in [0.15, 0.2) is 0 Å². The average molecular weight is 260 g/mol. The number of halogens is 1. The van der Waals surface area contributed by atoms with Crippen molar-refractivity contribution in [3.05, 3.63) is 64.2 Å². The summed E-state index contributed by atoms with van der Waals surface area (Å²) in [5.41, 5.74) is 3.36. The standard InChI is InChI=1S/C16H16ClO/c1-3-18-15-7-5-13(6-8-15)11-14-10-12(2)4-9-16(14)17/h4-11H,3H2,1-2H3/q+1. The maximum atomic E-state index is 6.17. The zero-order chi connectivity index (χ0) is 13.0. The number of hydrogen-bond acceptors (Lipinski definition) is 0. The molecule has 0 spiro atoms. The first kappa shape index (κ1) is 12.8. The Hall–Kier alpha value is -1.60. The zero-order valence-electron chi connectivity index (χ0n) is 10.6. The van der Waals surface area contributed by atoms with Crippen LogP contribution in [0.25, 0.3) is 6.08 Å². The predicted molar refractivity (Wildman–Crippen MR) is 78.0 cm³/mol. The van der Waals surface area contributed by atoms with E-state index in [2.05, 4.69) is 19.1 Å². The number of aryl methyl sites for hydroxylation is 1. The molecule has 1 aliphatic carbocycles. The van der Waals surface area contributed by atoms with Crippen LogP contribution in [-0.4, -0.2) is 12.4 Å². The van der Waals surface area contributed by atoms with Crippen molar-refractivity contribution in [3.63, 3.8) is 0 Å². The van der Waals surface area contributed by atoms with Crippen molar-refractivity contribution >= 4 is 23.5 Å². The Balaban J connectivity index is 2.26. The van der Waals surface area contributed by atoms with Gasteiger partial charge >= 0.3 is 5.78 Å². The minimum Gasteiger partial charge on any atom is -0.255 e. The summed E-state index contributed by atoms with van der Waals surface area (Å²) >= 11 is 6.17. The molecule has 0 amide bonds. The maximum Gasteiger partial charge on any atom is 0.343 e. The SMILES string of the molecule is CC[O+]=C1C=CC(=Cc2cc(C)ccc2Cl)C=C1. The first-order valence-corrected chi connectivity index (χ1v) is 6.40. The molecule has 0 aromatic heterocycles. The zero-order valence-corrected chi connectivity index (χ0v) is 11.4. The van der Waals surface area contributed by atoms with Gasteiger partial charge in [-0.3, -0.25) is 4.42 Å². The van der Waals surface area contributed by atoms with Crippen molar-refractivity contribution in [3.8, 4) is 0 Å². The Bertz CT molecular complexity index is 544. The third-order valence-electron chi connectivity index (χ3n) is 2.66. The largest absolute Gasteiger partial charge is 0.343 e. The Labute approximate surface area is 113 Å². The summed E-state index contributed by atoms with van der Waals surface area (Å²) < 4.78 is 5.41. The lowest BCUT2D eigenvalue weighted by Crippen LogP contribution is -1.98. The Kier molecular flexibility index (Phi) is 4.16. The monoisotopic (exact) mass is 259 g/mol. The third kappa shape index (κ3) is 3.21. The topological polar surface area (TPSA) is 11.3 Å². The van der Waals surface area contributed by atoms with Crippen molar-refractivity contribution in [2.45, 2.75) is 13.8 Å². The summed E-state index contributed by atoms with van der Waals surface area (Å²) in [5.74, 6) is 0.894. The normalized spacial score (nSPS) is 13.9. The molecular formula is C16H16ClO+. The van der Waals surface area contributed by atoms with E-state index in [1.807, 2.05) is 43.4 Å². The number of hydrogen-bond donors (Lipinski definition) is 0. The van der Waals surface area contributed by atoms with E-state index in [-0.39, 0.29) is 0 Å². The van der Waals surface area contributed by atoms with E-state index in [1.54, 1.807) is 0 Å². The van der Waals surface area contributed by atoms with Gasteiger partial charge < -0.3 is 0 Å². The minimum atomic E-state index is 0.687. The number of carbonyl (C=O) groups excluding carboxylic acids is 1. The molecule has 18 heavy (non-hydrogen) atoms. The van der Waals surface area contributed by atoms with Crippen LogP contribution in [0.5, 0.6) is 0 Å². The number of allylic oxidation sites excluding steroid dienone is 5. The second kappa shape index (κ2) is 5.83. The number of rotatable bonds is 2. The molecule has 92 valence electrons. The van der Waals surface area contributed by atoms with E-state index in [0.29, 0.717) is 6.61 Å². The molecule has 0 atom stereocenters. The van der Waals surface area contributed by atoms with Gasteiger partial charge in [-0.1, -0.05) is 29.3 Å². The highest BCUT2D eigenvalue weighted by molar-refractivity contribution is 6.32. The van der Waals surface area contributed by atoms with E-state index in [1.165, 1.54) is 5.56 Å². The summed E-state index contributed by atoms with van der Waals surface area (Å²) in [6, 6.07) is 6.02. The van der Waals surface area contributed by atoms with Gasteiger partial charge in [-0.2, -0.15) is 0 Å². The van der Waals surface area contributed by atoms with Gasteiger partial charge in [0.1, 0.15) is 0 Å². The summed E-state index contributed by atoms with van der Waals surface area (Å²) in [5, 5.41) is 0.773. The molecule has 0 heterocycles. The van der Waals surface area contributed by atoms with E-state index < -0.39 is 0 Å². The average Bonchev–Trinajstić information content (AvgIpc) is 2.37. The lowest BCUT2D eigenvalue weighted by atomic mass is 10.0. The first-order chi connectivity index (χ1) is 8.69. The maximum absolute atomic E-state index is 6.17. The molecule has 1 nitrogen and oxygen atoms in total. The molecule has 2 rings (SSSR count). The molecule has 0 unspecified atom stereocenters. The molecule has 0 N–H and O–H groups in total. The third-order valence-corrected chi connectivity index (χ3v) is 3.01. The molecular weight excluding hydrogens is 244 g/mol. The van der Waals surface area contributed by atoms with Crippen LogP contribution in [0, 0.1) is 6.92 Å². The van der Waals surface area contributed by atoms with Crippen LogP contribution in [0.15, 0.2) is 48.1 Å². The molecule has 0 bridgehead atoms. The van der Waals surface area contributed by atoms with Gasteiger partial charge in [0.25, 0.3) is 6.61 Å². The summed E-state index contributed by atoms with van der Waals surface area (Å²) in [7, 11) is 0. The molecule has 0 aliphatic heterocycles. The van der Waals surface area contributed by atoms with Crippen LogP contribution in [0.4, 0.5) is 0 Å². The van der Waals surface area contributed by atoms with Crippen molar-refractivity contribution in [1.82, 2.24) is 0 Å². The molecule has 1 aliphatic rings. The molecule has 2 heteroatoms. The van der Waals surface area contributed by atoms with E-state index in [9.17, 15) is 0 Å². The highest BCUT2D eigenvalue weighted by Crippen LogP contribution is 2.21. The van der Waals surface area contributed by atoms with E-state index in [0.717, 1.165) is 21.9 Å². The van der Waals surface area contributed by atoms with Gasteiger partial charge in [0, 0.05) is 24.1 Å². The summed E-state index contributed by atoms with van der Waals surface area (Å²) in [4.78, 5) is 0. The fraction of sp³-hybridized carbons (Fsp3) is 0.188. The Morgan fingerprint density at radius 1 is 1.17 bits per heavy atom. The highest BCUT2D eigenvalue weighted by atomic mass is 35.5. The molecule has 0 radical (unpaired) electrons. The second-order valence-electron chi connectivity index (χ2n) is 4.17. The van der Waals surface area contributed by atoms with Gasteiger partial charge in [-0.15, -0.1) is 0 Å². The van der Waals surface area contributed by atoms with Gasteiger partial charge in [0.2, 0.25) is 0 Å². The Morgan fingerprint density at radius 2 is 1.89 bits per heavy atom. The second-order valence-corrected chi connectivity index (χ2v) is 4.58. The highest BCUT2D eigenvalue weighted by Gasteiger charge is 2.07. The fourth-order valence-corrected chi connectivity index (χ4v) is 1.95. The molecule has 1 aromatic rings. The lowest BCUT2D eigenvalue weighted by Gasteiger charge is -2.03. The molecule has 0 saturated heterocycles. The number of ketones is 1. The van der Waals surface area contributed by atoms with Crippen LogP contribution >= 0.6 is 11.6 Å². The Morgan fingerprint density at radius 3 is 2.56 bits per heavy atom. The van der Waals surface area contributed by atoms with Crippen molar-refractivity contribution < 1.29 is 4.42 Å². The first-order valence-electron chi connectivity index (χ1n) is 6.03. The van der Waals surface area contributed by atoms with Crippen molar-refractivity contribution in [2.24, 2.45) is 0 Å². The van der Waals surface area contributed by atoms with Crippen LogP contribution in [0.2, 0.25) is 5.02 Å². The van der Waals surface area contributed by atoms with Crippen LogP contribution in [0.1, 0.15) is 18.1 Å². The van der Waals surface area contributed by atoms with E-state index in [4.69, 9.17) is 16.0 Å². The van der Waals surface area contributed by atoms with Gasteiger partial charge in [0.05, 0.1) is 0 Å². The van der Waals surface area contributed by atoms with Crippen LogP contribution in [-0.2, 0) is 4.42 Å². The summed E-state index contributed by atoms with van der Waals surface area (Å²) in [6.45, 7) is 4.73. The van der Waals surface area contributed by atoms with Gasteiger partial charge in [-0.05, 0) is 42.4 Å². The fourth-order valence-electron chi connectivity index (χ4n) is 1.78. The number of benzene rings is 1.